The molecule has 4 aliphatic heterocycles. The van der Waals surface area contributed by atoms with E-state index < -0.39 is 0 Å². The molecule has 4 aromatic rings. The van der Waals surface area contributed by atoms with Gasteiger partial charge in [0.15, 0.2) is 0 Å². The Bertz CT molecular complexity index is 1500. The molecule has 0 saturated carbocycles. The zero-order valence-electron chi connectivity index (χ0n) is 20.4. The molecule has 0 radical (unpaired) electrons. The smallest absolute Gasteiger partial charge is 0.0688 e. The first-order valence-electron chi connectivity index (χ1n) is 13.5. The van der Waals surface area contributed by atoms with Gasteiger partial charge in [-0.1, -0.05) is 54.6 Å². The minimum Gasteiger partial charge on any atom is -0.392 e. The molecule has 4 bridgehead atoms. The van der Waals surface area contributed by atoms with Crippen molar-refractivity contribution in [2.45, 2.75) is 54.9 Å². The van der Waals surface area contributed by atoms with Crippen LogP contribution in [0.2, 0.25) is 0 Å². The van der Waals surface area contributed by atoms with Gasteiger partial charge in [-0.15, -0.1) is 0 Å². The predicted octanol–water partition coefficient (Wildman–Crippen LogP) is 7.58. The number of hydrogen-bond acceptors (Lipinski definition) is 3. The number of piperidine rings is 1. The second kappa shape index (κ2) is 8.21. The maximum absolute atomic E-state index is 10.1. The minimum absolute atomic E-state index is 0.0664. The van der Waals surface area contributed by atoms with Crippen LogP contribution in [-0.4, -0.2) is 17.4 Å². The summed E-state index contributed by atoms with van der Waals surface area (Å²) in [5.41, 5.74) is 11.3. The summed E-state index contributed by atoms with van der Waals surface area (Å²) >= 11 is 2.17. The Hall–Kier alpha value is -2.59. The van der Waals surface area contributed by atoms with Gasteiger partial charge in [-0.25, -0.2) is 0 Å². The molecule has 0 aromatic heterocycles. The van der Waals surface area contributed by atoms with Gasteiger partial charge in [0.05, 0.1) is 6.61 Å². The Morgan fingerprint density at radius 2 is 1.69 bits per heavy atom. The second-order valence-electron chi connectivity index (χ2n) is 11.3. The first-order chi connectivity index (χ1) is 17.8. The third-order valence-corrected chi connectivity index (χ3v) is 11.0. The molecular weight excluding hydrogens is 458 g/mol. The van der Waals surface area contributed by atoms with Crippen LogP contribution in [0.15, 0.2) is 72.8 Å². The van der Waals surface area contributed by atoms with E-state index in [1.807, 2.05) is 0 Å². The number of hydrogen-bond donors (Lipinski definition) is 2. The predicted molar refractivity (Wildman–Crippen MR) is 150 cm³/mol. The number of aliphatic hydroxyl groups is 1. The number of rotatable bonds is 3. The van der Waals surface area contributed by atoms with E-state index in [1.54, 1.807) is 27.8 Å². The van der Waals surface area contributed by atoms with Crippen LogP contribution >= 0.6 is 11.8 Å². The Labute approximate surface area is 217 Å². The van der Waals surface area contributed by atoms with E-state index in [-0.39, 0.29) is 6.61 Å². The van der Waals surface area contributed by atoms with Crippen molar-refractivity contribution in [3.63, 3.8) is 0 Å². The van der Waals surface area contributed by atoms with E-state index in [0.29, 0.717) is 29.0 Å². The molecule has 3 heteroatoms. The van der Waals surface area contributed by atoms with E-state index >= 15 is 0 Å². The topological polar surface area (TPSA) is 32.3 Å². The molecule has 2 fully saturated rings. The number of thioether (sulfide) groups is 1. The van der Waals surface area contributed by atoms with Gasteiger partial charge in [-0.05, 0) is 105 Å². The van der Waals surface area contributed by atoms with E-state index in [2.05, 4.69) is 89.9 Å². The second-order valence-corrected chi connectivity index (χ2v) is 12.4. The van der Waals surface area contributed by atoms with Crippen LogP contribution < -0.4 is 5.32 Å². The lowest BCUT2D eigenvalue weighted by molar-refractivity contribution is 0.283. The average Bonchev–Trinajstić information content (AvgIpc) is 2.97. The van der Waals surface area contributed by atoms with Gasteiger partial charge in [0, 0.05) is 29.5 Å². The van der Waals surface area contributed by atoms with Crippen molar-refractivity contribution in [2.75, 3.05) is 12.3 Å². The maximum Gasteiger partial charge on any atom is 0.0688 e. The molecule has 0 spiro atoms. The van der Waals surface area contributed by atoms with Crippen LogP contribution in [0, 0.1) is 0 Å². The largest absolute Gasteiger partial charge is 0.392 e. The first-order valence-corrected chi connectivity index (χ1v) is 14.6. The van der Waals surface area contributed by atoms with Crippen LogP contribution in [0.5, 0.6) is 0 Å². The lowest BCUT2D eigenvalue weighted by Gasteiger charge is -2.45. The van der Waals surface area contributed by atoms with Crippen molar-refractivity contribution < 1.29 is 5.11 Å². The van der Waals surface area contributed by atoms with E-state index in [0.717, 1.165) is 17.5 Å². The summed E-state index contributed by atoms with van der Waals surface area (Å²) in [4.78, 5) is 0. The van der Waals surface area contributed by atoms with Crippen LogP contribution in [0.3, 0.4) is 0 Å². The quantitative estimate of drug-likeness (QED) is 0.311. The average molecular weight is 490 g/mol. The van der Waals surface area contributed by atoms with Crippen molar-refractivity contribution >= 4 is 22.5 Å². The SMILES string of the molecule is OCc1cc(-c2ccc3c(c2)C2SCC3CC2c2ccc3c(c2)C2CCC3CN2)cc2ccccc12. The zero-order chi connectivity index (χ0) is 23.8. The molecule has 5 atom stereocenters. The Morgan fingerprint density at radius 1 is 0.806 bits per heavy atom. The molecule has 6 aliphatic rings. The van der Waals surface area contributed by atoms with E-state index in [1.165, 1.54) is 41.5 Å². The molecule has 2 saturated heterocycles. The summed E-state index contributed by atoms with van der Waals surface area (Å²) in [7, 11) is 0. The maximum atomic E-state index is 10.1. The highest BCUT2D eigenvalue weighted by molar-refractivity contribution is 7.99. The summed E-state index contributed by atoms with van der Waals surface area (Å²) in [6.45, 7) is 1.22. The van der Waals surface area contributed by atoms with Gasteiger partial charge in [0.25, 0.3) is 0 Å². The molecule has 2 nitrogen and oxygen atoms in total. The number of nitrogens with one attached hydrogen (secondary N) is 1. The van der Waals surface area contributed by atoms with Crippen LogP contribution in [-0.2, 0) is 6.61 Å². The third kappa shape index (κ3) is 3.19. The standard InChI is InChI=1S/C33H31NOS/c35-17-24-12-23(11-20-3-1-2-4-26(20)24)19-5-8-28-25-15-29(33(36-18-25)31(28)13-19)21-6-9-27-22-7-10-32(34-16-22)30(27)14-21/h1-6,8-9,11-14,22,25,29,32-35H,7,10,15-18H2. The number of benzene rings is 4. The van der Waals surface area contributed by atoms with Crippen LogP contribution in [0.25, 0.3) is 21.9 Å². The molecule has 36 heavy (non-hydrogen) atoms. The minimum atomic E-state index is 0.0664. The van der Waals surface area contributed by atoms with Crippen molar-refractivity contribution in [3.8, 4) is 11.1 Å². The number of fused-ring (bicyclic) bond motifs is 5. The summed E-state index contributed by atoms with van der Waals surface area (Å²) < 4.78 is 0. The Balaban J connectivity index is 1.19. The molecule has 10 rings (SSSR count). The molecule has 4 heterocycles. The molecule has 2 N–H and O–H groups in total. The van der Waals surface area contributed by atoms with Gasteiger partial charge in [-0.2, -0.15) is 11.8 Å². The molecule has 0 amide bonds. The zero-order valence-corrected chi connectivity index (χ0v) is 21.2. The normalized spacial score (nSPS) is 27.8. The highest BCUT2D eigenvalue weighted by Crippen LogP contribution is 2.59. The fraction of sp³-hybridized carbons (Fsp3) is 0.333. The monoisotopic (exact) mass is 489 g/mol. The van der Waals surface area contributed by atoms with Gasteiger partial charge in [0.2, 0.25) is 0 Å². The summed E-state index contributed by atoms with van der Waals surface area (Å²) in [5.74, 6) is 3.19. The Morgan fingerprint density at radius 3 is 2.58 bits per heavy atom. The lowest BCUT2D eigenvalue weighted by atomic mass is 9.71. The van der Waals surface area contributed by atoms with Gasteiger partial charge in [0.1, 0.15) is 0 Å². The molecule has 5 unspecified atom stereocenters. The number of aliphatic hydroxyl groups excluding tert-OH is 1. The summed E-state index contributed by atoms with van der Waals surface area (Å²) in [5, 5.41) is 16.7. The van der Waals surface area contributed by atoms with Gasteiger partial charge < -0.3 is 10.4 Å². The molecule has 180 valence electrons. The van der Waals surface area contributed by atoms with E-state index in [9.17, 15) is 5.11 Å². The highest BCUT2D eigenvalue weighted by atomic mass is 32.2. The van der Waals surface area contributed by atoms with E-state index in [4.69, 9.17) is 0 Å². The van der Waals surface area contributed by atoms with Crippen molar-refractivity contribution in [3.05, 3.63) is 106 Å². The highest BCUT2D eigenvalue weighted by Gasteiger charge is 2.42. The van der Waals surface area contributed by atoms with Gasteiger partial charge >= 0.3 is 0 Å². The van der Waals surface area contributed by atoms with Gasteiger partial charge in [-0.3, -0.25) is 0 Å². The van der Waals surface area contributed by atoms with Crippen molar-refractivity contribution in [2.24, 2.45) is 0 Å². The third-order valence-electron chi connectivity index (χ3n) is 9.43. The fourth-order valence-corrected chi connectivity index (χ4v) is 9.25. The summed E-state index contributed by atoms with van der Waals surface area (Å²) in [6.07, 6.45) is 3.91. The molecule has 2 aliphatic carbocycles. The lowest BCUT2D eigenvalue weighted by Crippen LogP contribution is -2.38. The first kappa shape index (κ1) is 21.5. The molecular formula is C33H31NOS. The Kier molecular flexibility index (Phi) is 4.90. The fourth-order valence-electron chi connectivity index (χ4n) is 7.61. The molecule has 4 aromatic carbocycles. The van der Waals surface area contributed by atoms with Crippen LogP contribution in [0.4, 0.5) is 0 Å². The van der Waals surface area contributed by atoms with Crippen molar-refractivity contribution in [1.82, 2.24) is 5.32 Å². The van der Waals surface area contributed by atoms with Crippen LogP contribution in [0.1, 0.15) is 81.7 Å². The summed E-state index contributed by atoms with van der Waals surface area (Å²) in [6, 6.07) is 28.1. The van der Waals surface area contributed by atoms with Crippen molar-refractivity contribution in [1.29, 1.82) is 0 Å².